The summed E-state index contributed by atoms with van der Waals surface area (Å²) in [5.41, 5.74) is 3.56. The van der Waals surface area contributed by atoms with E-state index < -0.39 is 0 Å². The number of amides is 1. The van der Waals surface area contributed by atoms with Crippen LogP contribution < -0.4 is 10.5 Å². The van der Waals surface area contributed by atoms with Crippen LogP contribution in [0.4, 0.5) is 5.69 Å². The molecule has 0 spiro atoms. The summed E-state index contributed by atoms with van der Waals surface area (Å²) in [6, 6.07) is 15.2. The molecule has 1 aromatic heterocycles. The van der Waals surface area contributed by atoms with Gasteiger partial charge in [-0.25, -0.2) is 4.98 Å². The zero-order valence-corrected chi connectivity index (χ0v) is 18.9. The zero-order chi connectivity index (χ0) is 22.4. The SMILES string of the molecule is CCCn1c(SCC(=O)N(CCC#N)c2ccc(C)c(C)c2)nc2ccccc2c1=O. The van der Waals surface area contributed by atoms with Crippen molar-refractivity contribution in [1.82, 2.24) is 9.55 Å². The lowest BCUT2D eigenvalue weighted by Crippen LogP contribution is -2.33. The van der Waals surface area contributed by atoms with Gasteiger partial charge in [0.25, 0.3) is 5.56 Å². The average Bonchev–Trinajstić information content (AvgIpc) is 2.77. The number of para-hydroxylation sites is 1. The van der Waals surface area contributed by atoms with Crippen molar-refractivity contribution in [2.45, 2.75) is 45.3 Å². The van der Waals surface area contributed by atoms with Gasteiger partial charge in [-0.1, -0.05) is 36.9 Å². The molecule has 3 aromatic rings. The van der Waals surface area contributed by atoms with Crippen LogP contribution in [0.5, 0.6) is 0 Å². The minimum absolute atomic E-state index is 0.0853. The number of carbonyl (C=O) groups excluding carboxylic acids is 1. The minimum atomic E-state index is -0.117. The van der Waals surface area contributed by atoms with Crippen molar-refractivity contribution < 1.29 is 4.79 Å². The summed E-state index contributed by atoms with van der Waals surface area (Å²) in [5.74, 6) is 0.0151. The summed E-state index contributed by atoms with van der Waals surface area (Å²) in [5, 5.41) is 10.2. The van der Waals surface area contributed by atoms with Crippen LogP contribution in [0.3, 0.4) is 0 Å². The fourth-order valence-corrected chi connectivity index (χ4v) is 4.24. The third kappa shape index (κ3) is 5.15. The quantitative estimate of drug-likeness (QED) is 0.386. The number of aromatic nitrogens is 2. The number of rotatable bonds is 8. The van der Waals surface area contributed by atoms with Gasteiger partial charge in [0.2, 0.25) is 5.91 Å². The predicted molar refractivity (Wildman–Crippen MR) is 126 cm³/mol. The Kier molecular flexibility index (Phi) is 7.48. The molecule has 0 aliphatic heterocycles. The molecule has 1 heterocycles. The zero-order valence-electron chi connectivity index (χ0n) is 18.1. The van der Waals surface area contributed by atoms with Gasteiger partial charge < -0.3 is 4.90 Å². The Labute approximate surface area is 186 Å². The van der Waals surface area contributed by atoms with Gasteiger partial charge in [0, 0.05) is 18.8 Å². The molecule has 2 aromatic carbocycles. The highest BCUT2D eigenvalue weighted by molar-refractivity contribution is 7.99. The molecule has 160 valence electrons. The van der Waals surface area contributed by atoms with Gasteiger partial charge in [0.1, 0.15) is 0 Å². The third-order valence-electron chi connectivity index (χ3n) is 5.15. The number of thioether (sulfide) groups is 1. The Morgan fingerprint density at radius 3 is 2.68 bits per heavy atom. The highest BCUT2D eigenvalue weighted by Crippen LogP contribution is 2.23. The maximum atomic E-state index is 13.1. The molecular weight excluding hydrogens is 408 g/mol. The van der Waals surface area contributed by atoms with Gasteiger partial charge >= 0.3 is 0 Å². The van der Waals surface area contributed by atoms with Gasteiger partial charge in [-0.3, -0.25) is 14.2 Å². The van der Waals surface area contributed by atoms with E-state index in [0.29, 0.717) is 29.1 Å². The normalized spacial score (nSPS) is 10.8. The number of nitriles is 1. The van der Waals surface area contributed by atoms with E-state index in [-0.39, 0.29) is 23.6 Å². The van der Waals surface area contributed by atoms with Crippen molar-refractivity contribution in [1.29, 1.82) is 5.26 Å². The van der Waals surface area contributed by atoms with Crippen LogP contribution in [0.15, 0.2) is 52.4 Å². The van der Waals surface area contributed by atoms with Gasteiger partial charge in [0.05, 0.1) is 29.1 Å². The first kappa shape index (κ1) is 22.6. The fourth-order valence-electron chi connectivity index (χ4n) is 3.34. The van der Waals surface area contributed by atoms with Crippen LogP contribution in [0.1, 0.15) is 30.9 Å². The number of hydrogen-bond acceptors (Lipinski definition) is 5. The van der Waals surface area contributed by atoms with E-state index in [1.807, 2.05) is 57.2 Å². The summed E-state index contributed by atoms with van der Waals surface area (Å²) in [4.78, 5) is 32.3. The minimum Gasteiger partial charge on any atom is -0.311 e. The van der Waals surface area contributed by atoms with Crippen LogP contribution in [0.2, 0.25) is 0 Å². The van der Waals surface area contributed by atoms with E-state index in [4.69, 9.17) is 5.26 Å². The molecule has 0 atom stereocenters. The molecule has 0 aliphatic rings. The Morgan fingerprint density at radius 1 is 1.19 bits per heavy atom. The van der Waals surface area contributed by atoms with Crippen molar-refractivity contribution in [2.24, 2.45) is 0 Å². The number of benzene rings is 2. The lowest BCUT2D eigenvalue weighted by molar-refractivity contribution is -0.116. The molecule has 0 radical (unpaired) electrons. The maximum absolute atomic E-state index is 13.1. The molecule has 31 heavy (non-hydrogen) atoms. The fraction of sp³-hybridized carbons (Fsp3) is 0.333. The molecule has 0 saturated carbocycles. The number of carbonyl (C=O) groups is 1. The Morgan fingerprint density at radius 2 is 1.97 bits per heavy atom. The van der Waals surface area contributed by atoms with Gasteiger partial charge in [0.15, 0.2) is 5.16 Å². The lowest BCUT2D eigenvalue weighted by atomic mass is 10.1. The molecular formula is C24H26N4O2S. The molecule has 6 nitrogen and oxygen atoms in total. The summed E-state index contributed by atoms with van der Waals surface area (Å²) in [6.45, 7) is 6.90. The van der Waals surface area contributed by atoms with Crippen LogP contribution >= 0.6 is 11.8 Å². The van der Waals surface area contributed by atoms with Crippen LogP contribution in [-0.4, -0.2) is 27.8 Å². The molecule has 7 heteroatoms. The van der Waals surface area contributed by atoms with E-state index in [1.54, 1.807) is 15.5 Å². The second-order valence-electron chi connectivity index (χ2n) is 7.38. The Balaban J connectivity index is 1.88. The van der Waals surface area contributed by atoms with Crippen LogP contribution in [0, 0.1) is 25.2 Å². The second-order valence-corrected chi connectivity index (χ2v) is 8.32. The number of aryl methyl sites for hydroxylation is 2. The molecule has 0 saturated heterocycles. The highest BCUT2D eigenvalue weighted by Gasteiger charge is 2.19. The molecule has 0 bridgehead atoms. The van der Waals surface area contributed by atoms with Crippen molar-refractivity contribution in [2.75, 3.05) is 17.2 Å². The Bertz CT molecular complexity index is 1200. The van der Waals surface area contributed by atoms with Gasteiger partial charge in [-0.15, -0.1) is 0 Å². The van der Waals surface area contributed by atoms with Crippen LogP contribution in [-0.2, 0) is 11.3 Å². The van der Waals surface area contributed by atoms with Crippen molar-refractivity contribution >= 4 is 34.3 Å². The summed E-state index contributed by atoms with van der Waals surface area (Å²) in [6.07, 6.45) is 1.04. The number of hydrogen-bond donors (Lipinski definition) is 0. The van der Waals surface area contributed by atoms with E-state index in [0.717, 1.165) is 23.2 Å². The van der Waals surface area contributed by atoms with E-state index >= 15 is 0 Å². The first-order chi connectivity index (χ1) is 15.0. The molecule has 1 amide bonds. The topological polar surface area (TPSA) is 79.0 Å². The number of anilines is 1. The molecule has 3 rings (SSSR count). The number of nitrogens with zero attached hydrogens (tertiary/aromatic N) is 4. The smallest absolute Gasteiger partial charge is 0.262 e. The summed E-state index contributed by atoms with van der Waals surface area (Å²) in [7, 11) is 0. The largest absolute Gasteiger partial charge is 0.311 e. The lowest BCUT2D eigenvalue weighted by Gasteiger charge is -2.23. The van der Waals surface area contributed by atoms with Crippen molar-refractivity contribution in [3.8, 4) is 6.07 Å². The predicted octanol–water partition coefficient (Wildman–Crippen LogP) is 4.46. The second kappa shape index (κ2) is 10.3. The Hall–Kier alpha value is -3.11. The summed E-state index contributed by atoms with van der Waals surface area (Å²) < 4.78 is 1.65. The van der Waals surface area contributed by atoms with E-state index in [1.165, 1.54) is 11.8 Å². The summed E-state index contributed by atoms with van der Waals surface area (Å²) >= 11 is 1.27. The maximum Gasteiger partial charge on any atom is 0.262 e. The van der Waals surface area contributed by atoms with Gasteiger partial charge in [-0.05, 0) is 55.7 Å². The van der Waals surface area contributed by atoms with Crippen LogP contribution in [0.25, 0.3) is 10.9 Å². The standard InChI is InChI=1S/C24H26N4O2S/c1-4-13-28-23(30)20-8-5-6-9-21(20)26-24(28)31-16-22(29)27(14-7-12-25)19-11-10-17(2)18(3)15-19/h5-6,8-11,15H,4,7,13-14,16H2,1-3H3. The number of fused-ring (bicyclic) bond motifs is 1. The van der Waals surface area contributed by atoms with Gasteiger partial charge in [-0.2, -0.15) is 5.26 Å². The average molecular weight is 435 g/mol. The molecule has 0 unspecified atom stereocenters. The third-order valence-corrected chi connectivity index (χ3v) is 6.11. The first-order valence-electron chi connectivity index (χ1n) is 10.3. The van der Waals surface area contributed by atoms with E-state index in [9.17, 15) is 9.59 Å². The van der Waals surface area contributed by atoms with Crippen molar-refractivity contribution in [3.63, 3.8) is 0 Å². The van der Waals surface area contributed by atoms with Crippen molar-refractivity contribution in [3.05, 3.63) is 63.9 Å². The molecule has 0 fully saturated rings. The van der Waals surface area contributed by atoms with E-state index in [2.05, 4.69) is 11.1 Å². The monoisotopic (exact) mass is 434 g/mol. The highest BCUT2D eigenvalue weighted by atomic mass is 32.2. The first-order valence-corrected chi connectivity index (χ1v) is 11.3. The molecule has 0 aliphatic carbocycles. The molecule has 0 N–H and O–H groups in total.